The highest BCUT2D eigenvalue weighted by Crippen LogP contribution is 2.20. The number of aliphatic hydroxyl groups excluding tert-OH is 1. The number of nitrogens with zero attached hydrogens (tertiary/aromatic N) is 1. The number of hydrogen-bond donors (Lipinski definition) is 2. The number of aliphatic hydroxyl groups is 1. The van der Waals surface area contributed by atoms with Gasteiger partial charge in [0, 0.05) is 13.1 Å². The molecule has 7 heteroatoms. The van der Waals surface area contributed by atoms with E-state index >= 15 is 0 Å². The summed E-state index contributed by atoms with van der Waals surface area (Å²) in [4.78, 5) is 0.248. The number of morpholine rings is 1. The number of benzene rings is 1. The van der Waals surface area contributed by atoms with Crippen molar-refractivity contribution in [3.05, 3.63) is 29.8 Å². The first-order valence-electron chi connectivity index (χ1n) is 6.53. The van der Waals surface area contributed by atoms with E-state index < -0.39 is 16.1 Å². The smallest absolute Gasteiger partial charge is 0.243 e. The second-order valence-corrected chi connectivity index (χ2v) is 6.59. The van der Waals surface area contributed by atoms with Gasteiger partial charge in [0.1, 0.15) is 0 Å². The molecule has 20 heavy (non-hydrogen) atoms. The molecule has 0 spiro atoms. The molecule has 1 fully saturated rings. The minimum absolute atomic E-state index is 0.230. The van der Waals surface area contributed by atoms with Crippen LogP contribution in [0.5, 0.6) is 0 Å². The highest BCUT2D eigenvalue weighted by Gasteiger charge is 2.33. The highest BCUT2D eigenvalue weighted by atomic mass is 32.2. The second-order valence-electron chi connectivity index (χ2n) is 4.70. The largest absolute Gasteiger partial charge is 0.395 e. The molecule has 0 aliphatic carbocycles. The summed E-state index contributed by atoms with van der Waals surface area (Å²) >= 11 is 0. The molecule has 112 valence electrons. The van der Waals surface area contributed by atoms with Crippen LogP contribution >= 0.6 is 0 Å². The van der Waals surface area contributed by atoms with Crippen LogP contribution in [0, 0.1) is 0 Å². The van der Waals surface area contributed by atoms with E-state index in [-0.39, 0.29) is 24.7 Å². The summed E-state index contributed by atoms with van der Waals surface area (Å²) in [6.07, 6.45) is 0. The average molecular weight is 300 g/mol. The Balaban J connectivity index is 2.24. The predicted octanol–water partition coefficient (Wildman–Crippen LogP) is -0.212. The molecule has 0 bridgehead atoms. The first kappa shape index (κ1) is 15.4. The van der Waals surface area contributed by atoms with E-state index in [0.29, 0.717) is 13.2 Å². The fourth-order valence-electron chi connectivity index (χ4n) is 2.22. The highest BCUT2D eigenvalue weighted by molar-refractivity contribution is 7.89. The number of rotatable bonds is 5. The predicted molar refractivity (Wildman–Crippen MR) is 74.8 cm³/mol. The molecule has 1 unspecified atom stereocenters. The van der Waals surface area contributed by atoms with Crippen molar-refractivity contribution in [3.63, 3.8) is 0 Å². The Hall–Kier alpha value is -0.990. The Morgan fingerprint density at radius 3 is 2.70 bits per heavy atom. The van der Waals surface area contributed by atoms with Gasteiger partial charge in [-0.15, -0.1) is 0 Å². The second kappa shape index (κ2) is 6.64. The Morgan fingerprint density at radius 1 is 1.40 bits per heavy atom. The zero-order valence-corrected chi connectivity index (χ0v) is 12.3. The van der Waals surface area contributed by atoms with Crippen LogP contribution < -0.4 is 5.32 Å². The summed E-state index contributed by atoms with van der Waals surface area (Å²) in [6.45, 7) is 1.31. The first-order valence-corrected chi connectivity index (χ1v) is 7.97. The molecule has 1 aromatic rings. The average Bonchev–Trinajstić information content (AvgIpc) is 2.48. The third-order valence-corrected chi connectivity index (χ3v) is 5.26. The van der Waals surface area contributed by atoms with Crippen LogP contribution in [-0.4, -0.2) is 57.3 Å². The molecule has 0 radical (unpaired) electrons. The summed E-state index contributed by atoms with van der Waals surface area (Å²) in [6, 6.07) is 6.28. The number of nitrogens with one attached hydrogen (secondary N) is 1. The lowest BCUT2D eigenvalue weighted by atomic mass is 10.2. The molecule has 0 amide bonds. The molecule has 1 atom stereocenters. The van der Waals surface area contributed by atoms with Gasteiger partial charge < -0.3 is 15.2 Å². The van der Waals surface area contributed by atoms with Gasteiger partial charge >= 0.3 is 0 Å². The van der Waals surface area contributed by atoms with Crippen LogP contribution in [0.15, 0.2) is 29.2 Å². The topological polar surface area (TPSA) is 78.9 Å². The summed E-state index contributed by atoms with van der Waals surface area (Å²) in [5, 5.41) is 12.3. The quantitative estimate of drug-likeness (QED) is 0.786. The number of ether oxygens (including phenoxy) is 1. The van der Waals surface area contributed by atoms with Gasteiger partial charge in [0.15, 0.2) is 0 Å². The van der Waals surface area contributed by atoms with E-state index in [1.165, 1.54) is 4.31 Å². The lowest BCUT2D eigenvalue weighted by molar-refractivity contribution is 0.0109. The van der Waals surface area contributed by atoms with E-state index in [4.69, 9.17) is 4.74 Å². The van der Waals surface area contributed by atoms with Crippen molar-refractivity contribution in [1.29, 1.82) is 0 Å². The molecule has 2 rings (SSSR count). The Kier molecular flexibility index (Phi) is 5.11. The monoisotopic (exact) mass is 300 g/mol. The van der Waals surface area contributed by atoms with Crippen LogP contribution in [0.2, 0.25) is 0 Å². The van der Waals surface area contributed by atoms with Crippen molar-refractivity contribution in [2.75, 3.05) is 33.4 Å². The molecule has 1 saturated heterocycles. The minimum atomic E-state index is -3.58. The minimum Gasteiger partial charge on any atom is -0.395 e. The van der Waals surface area contributed by atoms with Gasteiger partial charge in [-0.2, -0.15) is 4.31 Å². The van der Waals surface area contributed by atoms with Gasteiger partial charge in [-0.05, 0) is 24.7 Å². The molecular formula is C13H20N2O4S. The zero-order valence-electron chi connectivity index (χ0n) is 11.4. The Bertz CT molecular complexity index is 530. The molecular weight excluding hydrogens is 280 g/mol. The first-order chi connectivity index (χ1) is 9.59. The molecule has 0 saturated carbocycles. The third kappa shape index (κ3) is 3.18. The van der Waals surface area contributed by atoms with E-state index in [9.17, 15) is 13.5 Å². The summed E-state index contributed by atoms with van der Waals surface area (Å²) in [5.41, 5.74) is 1.02. The fraction of sp³-hybridized carbons (Fsp3) is 0.538. The summed E-state index contributed by atoms with van der Waals surface area (Å²) in [5.74, 6) is 0. The lowest BCUT2D eigenvalue weighted by Gasteiger charge is -2.33. The van der Waals surface area contributed by atoms with Crippen molar-refractivity contribution in [3.8, 4) is 0 Å². The Morgan fingerprint density at radius 2 is 2.10 bits per heavy atom. The van der Waals surface area contributed by atoms with Crippen molar-refractivity contribution in [2.24, 2.45) is 0 Å². The Labute approximate surface area is 119 Å². The molecule has 1 aliphatic rings. The number of hydrogen-bond acceptors (Lipinski definition) is 5. The van der Waals surface area contributed by atoms with Gasteiger partial charge in [0.05, 0.1) is 30.8 Å². The molecule has 0 aromatic heterocycles. The van der Waals surface area contributed by atoms with Crippen LogP contribution in [0.25, 0.3) is 0 Å². The van der Waals surface area contributed by atoms with E-state index in [2.05, 4.69) is 5.32 Å². The number of sulfonamides is 1. The van der Waals surface area contributed by atoms with Gasteiger partial charge in [0.25, 0.3) is 0 Å². The molecule has 1 aliphatic heterocycles. The molecule has 2 N–H and O–H groups in total. The van der Waals surface area contributed by atoms with Gasteiger partial charge in [-0.1, -0.05) is 12.1 Å². The van der Waals surface area contributed by atoms with Gasteiger partial charge in [-0.25, -0.2) is 8.42 Å². The zero-order chi connectivity index (χ0) is 14.6. The molecule has 6 nitrogen and oxygen atoms in total. The van der Waals surface area contributed by atoms with Crippen molar-refractivity contribution in [1.82, 2.24) is 9.62 Å². The maximum Gasteiger partial charge on any atom is 0.243 e. The van der Waals surface area contributed by atoms with Crippen LogP contribution in [-0.2, 0) is 21.3 Å². The maximum absolute atomic E-state index is 12.6. The van der Waals surface area contributed by atoms with Crippen molar-refractivity contribution < 1.29 is 18.3 Å². The normalized spacial score (nSPS) is 21.0. The molecule has 1 aromatic carbocycles. The van der Waals surface area contributed by atoms with E-state index in [1.54, 1.807) is 24.3 Å². The van der Waals surface area contributed by atoms with Crippen LogP contribution in [0.4, 0.5) is 0 Å². The maximum atomic E-state index is 12.6. The van der Waals surface area contributed by atoms with Crippen LogP contribution in [0.3, 0.4) is 0 Å². The van der Waals surface area contributed by atoms with Crippen molar-refractivity contribution >= 4 is 10.0 Å². The van der Waals surface area contributed by atoms with Crippen molar-refractivity contribution in [2.45, 2.75) is 17.5 Å². The lowest BCUT2D eigenvalue weighted by Crippen LogP contribution is -2.50. The SMILES string of the molecule is CNCc1ccc(S(=O)(=O)N2CCOCC2CO)cc1. The summed E-state index contributed by atoms with van der Waals surface area (Å²) in [7, 11) is -1.74. The standard InChI is InChI=1S/C13H20N2O4S/c1-14-8-11-2-4-13(5-3-11)20(17,18)15-6-7-19-10-12(15)9-16/h2-5,12,14,16H,6-10H2,1H3. The van der Waals surface area contributed by atoms with Crippen LogP contribution in [0.1, 0.15) is 5.56 Å². The molecule has 1 heterocycles. The van der Waals surface area contributed by atoms with Gasteiger partial charge in [0.2, 0.25) is 10.0 Å². The summed E-state index contributed by atoms with van der Waals surface area (Å²) < 4.78 is 31.7. The van der Waals surface area contributed by atoms with E-state index in [1.807, 2.05) is 7.05 Å². The fourth-order valence-corrected chi connectivity index (χ4v) is 3.80. The van der Waals surface area contributed by atoms with E-state index in [0.717, 1.165) is 5.56 Å². The third-order valence-electron chi connectivity index (χ3n) is 3.30. The van der Waals surface area contributed by atoms with Gasteiger partial charge in [-0.3, -0.25) is 0 Å².